The van der Waals surface area contributed by atoms with Crippen LogP contribution in [0.15, 0.2) is 36.5 Å². The molecule has 1 N–H and O–H groups in total. The van der Waals surface area contributed by atoms with E-state index in [9.17, 15) is 32.3 Å². The molecule has 0 radical (unpaired) electrons. The molecular formula is C39H48F3N7O6S. The van der Waals surface area contributed by atoms with E-state index in [2.05, 4.69) is 33.9 Å². The molecule has 13 nitrogen and oxygen atoms in total. The number of nitrogens with one attached hydrogen (secondary N) is 1. The fourth-order valence-corrected chi connectivity index (χ4v) is 9.36. The molecule has 1 aromatic heterocycles. The third-order valence-electron chi connectivity index (χ3n) is 11.1. The van der Waals surface area contributed by atoms with Gasteiger partial charge in [-0.2, -0.15) is 18.4 Å². The number of aromatic nitrogens is 1. The van der Waals surface area contributed by atoms with Gasteiger partial charge < -0.3 is 9.47 Å². The quantitative estimate of drug-likeness (QED) is 0.165. The Morgan fingerprint density at radius 3 is 2.36 bits per heavy atom. The summed E-state index contributed by atoms with van der Waals surface area (Å²) in [6.45, 7) is 11.9. The number of piperidine rings is 1. The van der Waals surface area contributed by atoms with Crippen molar-refractivity contribution >= 4 is 41.4 Å². The van der Waals surface area contributed by atoms with Crippen molar-refractivity contribution in [2.45, 2.75) is 107 Å². The number of nitriles is 1. The standard InChI is InChI=1S/C39H48F3N7O6S/c1-24-22-46(23-25(2)47(24)16-18-55-34-19-26(13-14-44-34)31-11-12-33(50)45-35(31)51)15-17-54-29-7-9-30(10-8-29)56-49-37(53)48(36(52)38(49,3)4)28-6-5-27(21-43)32(20-28)39(40,41)42/h5-6,13-14,19-20,24-25,29-31H,7-12,15-18,22-23H2,1-4H3,(H,45,50,51)/t24-,25+,29?,30?,31?. The molecular weight excluding hydrogens is 752 g/mol. The maximum atomic E-state index is 13.6. The van der Waals surface area contributed by atoms with E-state index < -0.39 is 40.7 Å². The molecule has 0 bridgehead atoms. The number of alkyl halides is 3. The third-order valence-corrected chi connectivity index (χ3v) is 12.7. The number of imide groups is 2. The monoisotopic (exact) mass is 799 g/mol. The van der Waals surface area contributed by atoms with Crippen molar-refractivity contribution in [2.75, 3.05) is 44.3 Å². The number of amides is 5. The Bertz CT molecular complexity index is 1840. The highest BCUT2D eigenvalue weighted by Gasteiger charge is 2.53. The van der Waals surface area contributed by atoms with Crippen LogP contribution < -0.4 is 15.0 Å². The minimum Gasteiger partial charge on any atom is -0.476 e. The lowest BCUT2D eigenvalue weighted by Crippen LogP contribution is -2.57. The van der Waals surface area contributed by atoms with E-state index in [0.29, 0.717) is 50.1 Å². The average molecular weight is 800 g/mol. The number of pyridine rings is 1. The first-order chi connectivity index (χ1) is 26.6. The van der Waals surface area contributed by atoms with Crippen molar-refractivity contribution in [1.82, 2.24) is 24.4 Å². The lowest BCUT2D eigenvalue weighted by molar-refractivity contribution is -0.138. The molecule has 1 aromatic carbocycles. The first kappa shape index (κ1) is 41.4. The molecule has 4 heterocycles. The van der Waals surface area contributed by atoms with Gasteiger partial charge in [-0.25, -0.2) is 14.7 Å². The number of ether oxygens (including phenoxy) is 2. The molecule has 0 spiro atoms. The summed E-state index contributed by atoms with van der Waals surface area (Å²) in [7, 11) is 0. The number of anilines is 1. The summed E-state index contributed by atoms with van der Waals surface area (Å²) < 4.78 is 54.6. The van der Waals surface area contributed by atoms with Crippen LogP contribution in [-0.4, -0.2) is 111 Å². The Kier molecular flexibility index (Phi) is 12.6. The average Bonchev–Trinajstić information content (AvgIpc) is 3.31. The van der Waals surface area contributed by atoms with E-state index in [4.69, 9.17) is 14.7 Å². The van der Waals surface area contributed by atoms with Crippen LogP contribution in [0.2, 0.25) is 0 Å². The number of urea groups is 1. The van der Waals surface area contributed by atoms with Gasteiger partial charge in [-0.05, 0) is 102 Å². The van der Waals surface area contributed by atoms with Crippen LogP contribution in [0.25, 0.3) is 0 Å². The summed E-state index contributed by atoms with van der Waals surface area (Å²) in [4.78, 5) is 60.7. The Morgan fingerprint density at radius 1 is 0.982 bits per heavy atom. The van der Waals surface area contributed by atoms with Gasteiger partial charge >= 0.3 is 12.2 Å². The fourth-order valence-electron chi connectivity index (χ4n) is 8.06. The molecule has 17 heteroatoms. The second-order valence-corrected chi connectivity index (χ2v) is 16.7. The summed E-state index contributed by atoms with van der Waals surface area (Å²) >= 11 is 1.26. The van der Waals surface area contributed by atoms with Gasteiger partial charge in [0.05, 0.1) is 41.5 Å². The topological polar surface area (TPSA) is 148 Å². The van der Waals surface area contributed by atoms with Crippen LogP contribution in [0, 0.1) is 11.3 Å². The number of benzene rings is 1. The molecule has 1 aliphatic carbocycles. The lowest BCUT2D eigenvalue weighted by Gasteiger charge is -2.44. The number of hydrogen-bond donors (Lipinski definition) is 1. The Morgan fingerprint density at radius 2 is 1.70 bits per heavy atom. The molecule has 1 saturated carbocycles. The summed E-state index contributed by atoms with van der Waals surface area (Å²) in [6, 6.07) is 7.84. The molecule has 6 rings (SSSR count). The van der Waals surface area contributed by atoms with Gasteiger partial charge in [0.1, 0.15) is 12.1 Å². The van der Waals surface area contributed by atoms with Gasteiger partial charge in [-0.15, -0.1) is 0 Å². The van der Waals surface area contributed by atoms with Crippen LogP contribution >= 0.6 is 11.9 Å². The zero-order valence-electron chi connectivity index (χ0n) is 32.0. The summed E-state index contributed by atoms with van der Waals surface area (Å²) in [5.41, 5.74) is -2.49. The van der Waals surface area contributed by atoms with E-state index in [-0.39, 0.29) is 28.9 Å². The molecule has 56 heavy (non-hydrogen) atoms. The largest absolute Gasteiger partial charge is 0.476 e. The Balaban J connectivity index is 0.916. The van der Waals surface area contributed by atoms with Crippen molar-refractivity contribution in [2.24, 2.45) is 0 Å². The van der Waals surface area contributed by atoms with Crippen LogP contribution in [0.3, 0.4) is 0 Å². The van der Waals surface area contributed by atoms with Crippen molar-refractivity contribution in [3.8, 4) is 11.9 Å². The van der Waals surface area contributed by atoms with E-state index in [0.717, 1.165) is 68.4 Å². The van der Waals surface area contributed by atoms with Crippen molar-refractivity contribution in [1.29, 1.82) is 5.26 Å². The molecule has 4 fully saturated rings. The van der Waals surface area contributed by atoms with E-state index in [1.807, 2.05) is 0 Å². The van der Waals surface area contributed by atoms with Crippen LogP contribution in [0.4, 0.5) is 23.7 Å². The zero-order valence-corrected chi connectivity index (χ0v) is 32.8. The van der Waals surface area contributed by atoms with Crippen LogP contribution in [0.5, 0.6) is 5.88 Å². The van der Waals surface area contributed by atoms with Crippen molar-refractivity contribution < 1.29 is 41.8 Å². The molecule has 3 saturated heterocycles. The number of hydrogen-bond acceptors (Lipinski definition) is 11. The number of carbonyl (C=O) groups excluding carboxylic acids is 4. The minimum absolute atomic E-state index is 0.0290. The van der Waals surface area contributed by atoms with E-state index in [1.165, 1.54) is 28.4 Å². The number of halogens is 3. The molecule has 3 aliphatic heterocycles. The molecule has 1 unspecified atom stereocenters. The maximum Gasteiger partial charge on any atom is 0.417 e. The van der Waals surface area contributed by atoms with Gasteiger partial charge in [0.15, 0.2) is 0 Å². The summed E-state index contributed by atoms with van der Waals surface area (Å²) in [5.74, 6) is -1.10. The zero-order chi connectivity index (χ0) is 40.4. The van der Waals surface area contributed by atoms with Gasteiger partial charge in [0.2, 0.25) is 17.7 Å². The Hall–Kier alpha value is -4.24. The fraction of sp³-hybridized carbons (Fsp3) is 0.590. The normalized spacial score (nSPS) is 26.4. The first-order valence-corrected chi connectivity index (χ1v) is 19.9. The second kappa shape index (κ2) is 17.1. The second-order valence-electron chi connectivity index (χ2n) is 15.5. The van der Waals surface area contributed by atoms with E-state index in [1.54, 1.807) is 32.2 Å². The van der Waals surface area contributed by atoms with Gasteiger partial charge in [0, 0.05) is 62.2 Å². The SMILES string of the molecule is C[C@@H]1CN(CCOC2CCC(SN3C(=O)N(c4ccc(C#N)c(C(F)(F)F)c4)C(=O)C3(C)C)CC2)C[C@H](C)N1CCOc1cc(C2CCC(=O)NC2=O)ccn1. The number of piperazine rings is 1. The molecule has 5 amide bonds. The number of carbonyl (C=O) groups is 4. The van der Waals surface area contributed by atoms with Gasteiger partial charge in [-0.3, -0.25) is 33.8 Å². The highest BCUT2D eigenvalue weighted by atomic mass is 32.2. The maximum absolute atomic E-state index is 13.6. The summed E-state index contributed by atoms with van der Waals surface area (Å²) in [6.07, 6.45) is 0.735. The Labute approximate surface area is 329 Å². The molecule has 4 aliphatic rings. The van der Waals surface area contributed by atoms with Crippen LogP contribution in [-0.2, 0) is 25.3 Å². The smallest absolute Gasteiger partial charge is 0.417 e. The van der Waals surface area contributed by atoms with Crippen molar-refractivity contribution in [3.05, 3.63) is 53.2 Å². The number of rotatable bonds is 12. The highest BCUT2D eigenvalue weighted by Crippen LogP contribution is 2.43. The molecule has 3 atom stereocenters. The summed E-state index contributed by atoms with van der Waals surface area (Å²) in [5, 5.41) is 11.6. The third kappa shape index (κ3) is 9.14. The van der Waals surface area contributed by atoms with E-state index >= 15 is 0 Å². The molecule has 2 aromatic rings. The predicted octanol–water partition coefficient (Wildman–Crippen LogP) is 5.49. The first-order valence-electron chi connectivity index (χ1n) is 19.1. The lowest BCUT2D eigenvalue weighted by atomic mass is 9.91. The highest BCUT2D eigenvalue weighted by molar-refractivity contribution is 7.98. The minimum atomic E-state index is -4.82. The molecule has 302 valence electrons. The van der Waals surface area contributed by atoms with Gasteiger partial charge in [-0.1, -0.05) is 0 Å². The number of nitrogens with zero attached hydrogens (tertiary/aromatic N) is 6. The van der Waals surface area contributed by atoms with Gasteiger partial charge in [0.25, 0.3) is 5.91 Å². The predicted molar refractivity (Wildman–Crippen MR) is 201 cm³/mol. The van der Waals surface area contributed by atoms with Crippen molar-refractivity contribution in [3.63, 3.8) is 0 Å². The van der Waals surface area contributed by atoms with Crippen LogP contribution in [0.1, 0.15) is 88.8 Å².